The highest BCUT2D eigenvalue weighted by Gasteiger charge is 2.04. The number of hydrogen-bond acceptors (Lipinski definition) is 3. The molecule has 3 heteroatoms. The van der Waals surface area contributed by atoms with Crippen LogP contribution in [-0.2, 0) is 4.74 Å². The molecule has 0 spiro atoms. The second-order valence-corrected chi connectivity index (χ2v) is 4.47. The van der Waals surface area contributed by atoms with Crippen LogP contribution in [0.15, 0.2) is 36.8 Å². The Morgan fingerprint density at radius 2 is 1.26 bits per heavy atom. The monoisotopic (exact) mass is 266 g/mol. The molecule has 1 heterocycles. The van der Waals surface area contributed by atoms with Crippen LogP contribution in [0.2, 0.25) is 0 Å². The topological polar surface area (TPSA) is 27.7 Å². The Kier molecular flexibility index (Phi) is 10.7. The van der Waals surface area contributed by atoms with Crippen LogP contribution in [0.1, 0.15) is 34.6 Å². The molecule has 0 N–H and O–H groups in total. The second-order valence-electron chi connectivity index (χ2n) is 4.47. The van der Waals surface area contributed by atoms with Gasteiger partial charge < -0.3 is 14.2 Å². The Labute approximate surface area is 117 Å². The van der Waals surface area contributed by atoms with E-state index in [2.05, 4.69) is 20.8 Å². The molecule has 19 heavy (non-hydrogen) atoms. The largest absolute Gasteiger partial charge is 0.458 e. The fourth-order valence-electron chi connectivity index (χ4n) is 1.05. The van der Waals surface area contributed by atoms with Crippen molar-refractivity contribution in [2.45, 2.75) is 34.6 Å². The van der Waals surface area contributed by atoms with Gasteiger partial charge in [0.15, 0.2) is 11.5 Å². The lowest BCUT2D eigenvalue weighted by molar-refractivity contribution is 0.162. The summed E-state index contributed by atoms with van der Waals surface area (Å²) < 4.78 is 15.1. The van der Waals surface area contributed by atoms with Crippen LogP contribution in [0.4, 0.5) is 0 Å². The third-order valence-corrected chi connectivity index (χ3v) is 1.70. The molecule has 1 aliphatic rings. The standard InChI is InChI=1S/C8H6O2.C4H10O.C4H10/c1-2-4-8-7(3-1)9-5-6-10-8;1-3-5-4-2;1-4(2)3/h1-6H;3-4H2,1-2H3;4H,1-3H3. The van der Waals surface area contributed by atoms with Crippen molar-refractivity contribution in [1.82, 2.24) is 0 Å². The van der Waals surface area contributed by atoms with E-state index in [-0.39, 0.29) is 0 Å². The van der Waals surface area contributed by atoms with Crippen LogP contribution in [0.5, 0.6) is 11.5 Å². The van der Waals surface area contributed by atoms with Crippen molar-refractivity contribution in [3.63, 3.8) is 0 Å². The summed E-state index contributed by atoms with van der Waals surface area (Å²) >= 11 is 0. The first kappa shape index (κ1) is 17.5. The summed E-state index contributed by atoms with van der Waals surface area (Å²) in [6.45, 7) is 12.2. The zero-order valence-electron chi connectivity index (χ0n) is 12.7. The predicted molar refractivity (Wildman–Crippen MR) is 79.5 cm³/mol. The first-order valence-corrected chi connectivity index (χ1v) is 6.76. The lowest BCUT2D eigenvalue weighted by atomic mass is 10.3. The van der Waals surface area contributed by atoms with Gasteiger partial charge in [0.05, 0.1) is 0 Å². The fourth-order valence-corrected chi connectivity index (χ4v) is 1.05. The highest BCUT2D eigenvalue weighted by Crippen LogP contribution is 2.28. The van der Waals surface area contributed by atoms with Gasteiger partial charge >= 0.3 is 0 Å². The summed E-state index contributed by atoms with van der Waals surface area (Å²) in [5, 5.41) is 0. The van der Waals surface area contributed by atoms with Gasteiger partial charge in [-0.25, -0.2) is 0 Å². The van der Waals surface area contributed by atoms with Crippen LogP contribution >= 0.6 is 0 Å². The first-order chi connectivity index (χ1) is 9.11. The maximum atomic E-state index is 5.12. The average Bonchev–Trinajstić information content (AvgIpc) is 2.40. The molecule has 0 saturated carbocycles. The Balaban J connectivity index is 0.000000307. The van der Waals surface area contributed by atoms with Crippen molar-refractivity contribution >= 4 is 0 Å². The van der Waals surface area contributed by atoms with E-state index in [1.165, 1.54) is 12.5 Å². The maximum absolute atomic E-state index is 5.12. The quantitative estimate of drug-likeness (QED) is 0.780. The van der Waals surface area contributed by atoms with Crippen LogP contribution < -0.4 is 9.47 Å². The minimum atomic E-state index is 0.769. The van der Waals surface area contributed by atoms with E-state index < -0.39 is 0 Å². The third-order valence-electron chi connectivity index (χ3n) is 1.70. The Morgan fingerprint density at radius 1 is 0.895 bits per heavy atom. The summed E-state index contributed by atoms with van der Waals surface area (Å²) in [5.41, 5.74) is 0. The van der Waals surface area contributed by atoms with E-state index in [1.807, 2.05) is 38.1 Å². The zero-order valence-corrected chi connectivity index (χ0v) is 12.7. The fraction of sp³-hybridized carbons (Fsp3) is 0.500. The molecule has 108 valence electrons. The van der Waals surface area contributed by atoms with Crippen LogP contribution in [0.25, 0.3) is 0 Å². The van der Waals surface area contributed by atoms with Crippen LogP contribution in [-0.4, -0.2) is 13.2 Å². The Hall–Kier alpha value is -1.48. The molecule has 0 aromatic heterocycles. The molecule has 2 rings (SSSR count). The molecule has 1 aliphatic heterocycles. The van der Waals surface area contributed by atoms with Gasteiger partial charge in [0.1, 0.15) is 12.5 Å². The molecule has 0 fully saturated rings. The molecular weight excluding hydrogens is 240 g/mol. The van der Waals surface area contributed by atoms with Gasteiger partial charge in [0, 0.05) is 13.2 Å². The van der Waals surface area contributed by atoms with Crippen molar-refractivity contribution < 1.29 is 14.2 Å². The smallest absolute Gasteiger partial charge is 0.169 e. The van der Waals surface area contributed by atoms with Gasteiger partial charge in [-0.2, -0.15) is 0 Å². The molecule has 0 unspecified atom stereocenters. The lowest BCUT2D eigenvalue weighted by Crippen LogP contribution is -1.94. The molecule has 0 amide bonds. The number of ether oxygens (including phenoxy) is 3. The molecule has 0 aliphatic carbocycles. The molecule has 3 nitrogen and oxygen atoms in total. The average molecular weight is 266 g/mol. The van der Waals surface area contributed by atoms with Gasteiger partial charge in [-0.1, -0.05) is 32.9 Å². The summed E-state index contributed by atoms with van der Waals surface area (Å²) in [5.74, 6) is 2.37. The van der Waals surface area contributed by atoms with Gasteiger partial charge in [0.25, 0.3) is 0 Å². The van der Waals surface area contributed by atoms with Crippen LogP contribution in [0.3, 0.4) is 0 Å². The first-order valence-electron chi connectivity index (χ1n) is 6.76. The summed E-state index contributed by atoms with van der Waals surface area (Å²) in [4.78, 5) is 0. The molecule has 1 aromatic carbocycles. The Morgan fingerprint density at radius 3 is 1.53 bits per heavy atom. The van der Waals surface area contributed by atoms with Crippen LogP contribution in [0, 0.1) is 5.92 Å². The van der Waals surface area contributed by atoms with Gasteiger partial charge in [-0.15, -0.1) is 0 Å². The highest BCUT2D eigenvalue weighted by molar-refractivity contribution is 5.41. The van der Waals surface area contributed by atoms with Crippen molar-refractivity contribution in [3.05, 3.63) is 36.8 Å². The molecule has 0 bridgehead atoms. The number of fused-ring (bicyclic) bond motifs is 1. The van der Waals surface area contributed by atoms with Crippen molar-refractivity contribution in [1.29, 1.82) is 0 Å². The minimum absolute atomic E-state index is 0.769. The molecule has 0 saturated heterocycles. The Bertz CT molecular complexity index is 314. The van der Waals surface area contributed by atoms with Gasteiger partial charge in [0.2, 0.25) is 0 Å². The number of hydrogen-bond donors (Lipinski definition) is 0. The van der Waals surface area contributed by atoms with Crippen molar-refractivity contribution in [2.24, 2.45) is 5.92 Å². The molecule has 0 radical (unpaired) electrons. The second kappa shape index (κ2) is 11.6. The van der Waals surface area contributed by atoms with E-state index in [4.69, 9.17) is 14.2 Å². The van der Waals surface area contributed by atoms with E-state index in [1.54, 1.807) is 0 Å². The van der Waals surface area contributed by atoms with E-state index in [9.17, 15) is 0 Å². The SMILES string of the molecule is C1=COc2ccccc2O1.CC(C)C.CCOCC. The van der Waals surface area contributed by atoms with Crippen molar-refractivity contribution in [2.75, 3.05) is 13.2 Å². The molecule has 1 aromatic rings. The lowest BCUT2D eigenvalue weighted by Gasteiger charge is -2.10. The summed E-state index contributed by atoms with van der Waals surface area (Å²) in [6.07, 6.45) is 3.03. The summed E-state index contributed by atoms with van der Waals surface area (Å²) in [6, 6.07) is 7.53. The van der Waals surface area contributed by atoms with E-state index in [0.29, 0.717) is 0 Å². The highest BCUT2D eigenvalue weighted by atomic mass is 16.5. The predicted octanol–water partition coefficient (Wildman–Crippen LogP) is 4.63. The third kappa shape index (κ3) is 10.2. The number of rotatable bonds is 2. The number of benzene rings is 1. The van der Waals surface area contributed by atoms with Crippen molar-refractivity contribution in [3.8, 4) is 11.5 Å². The number of para-hydroxylation sites is 2. The normalized spacial score (nSPS) is 11.1. The van der Waals surface area contributed by atoms with E-state index >= 15 is 0 Å². The van der Waals surface area contributed by atoms with Gasteiger partial charge in [-0.05, 0) is 31.9 Å². The molecular formula is C16H26O3. The van der Waals surface area contributed by atoms with Gasteiger partial charge in [-0.3, -0.25) is 0 Å². The summed E-state index contributed by atoms with van der Waals surface area (Å²) in [7, 11) is 0. The minimum Gasteiger partial charge on any atom is -0.458 e. The van der Waals surface area contributed by atoms with E-state index in [0.717, 1.165) is 30.6 Å². The zero-order chi connectivity index (χ0) is 14.5. The maximum Gasteiger partial charge on any atom is 0.169 e. The molecule has 0 atom stereocenters.